The number of piperazine rings is 1. The van der Waals surface area contributed by atoms with Crippen LogP contribution in [-0.4, -0.2) is 42.0 Å². The minimum Gasteiger partial charge on any atom is -0.507 e. The zero-order chi connectivity index (χ0) is 21.4. The number of Topliss-reactive ketones (excluding diaryl/α,β-unsaturated/α-hetero) is 1. The third-order valence-corrected chi connectivity index (χ3v) is 5.91. The van der Waals surface area contributed by atoms with Gasteiger partial charge in [0.15, 0.2) is 5.76 Å². The molecule has 0 bridgehead atoms. The maximum atomic E-state index is 13.0. The first-order valence-corrected chi connectivity index (χ1v) is 10.5. The number of rotatable bonds is 4. The van der Waals surface area contributed by atoms with E-state index < -0.39 is 0 Å². The van der Waals surface area contributed by atoms with Gasteiger partial charge >= 0.3 is 0 Å². The van der Waals surface area contributed by atoms with Crippen LogP contribution in [0, 0.1) is 6.92 Å². The summed E-state index contributed by atoms with van der Waals surface area (Å²) in [4.78, 5) is 17.6. The molecular weight excluding hydrogens is 392 g/mol. The van der Waals surface area contributed by atoms with Crippen molar-refractivity contribution >= 4 is 17.5 Å². The number of phenolic OH excluding ortho intramolecular Hbond substituents is 1. The first kappa shape index (κ1) is 19.5. The number of carbonyl (C=O) groups excluding carboxylic acids is 1. The SMILES string of the molecule is Cc1cc(O)c(CN2CCN(c3ccccc3)CC2)c2c1C(=O)/C(=C/c1ccco1)O2. The number of carbonyl (C=O) groups is 1. The molecule has 6 heteroatoms. The van der Waals surface area contributed by atoms with Crippen LogP contribution in [0.5, 0.6) is 11.5 Å². The van der Waals surface area contributed by atoms with Crippen LogP contribution in [0.4, 0.5) is 5.69 Å². The van der Waals surface area contributed by atoms with E-state index in [1.165, 1.54) is 5.69 Å². The highest BCUT2D eigenvalue weighted by atomic mass is 16.5. The standard InChI is InChI=1S/C25H24N2O4/c1-17-14-21(28)20(16-26-9-11-27(12-10-26)18-6-3-2-4-7-18)25-23(17)24(29)22(31-25)15-19-8-5-13-30-19/h2-8,13-15,28H,9-12,16H2,1H3/b22-15-. The van der Waals surface area contributed by atoms with Crippen LogP contribution in [0.1, 0.15) is 27.2 Å². The fourth-order valence-corrected chi connectivity index (χ4v) is 4.26. The van der Waals surface area contributed by atoms with Crippen molar-refractivity contribution in [2.45, 2.75) is 13.5 Å². The number of allylic oxidation sites excluding steroid dienone is 1. The second-order valence-electron chi connectivity index (χ2n) is 7.95. The van der Waals surface area contributed by atoms with Crippen LogP contribution in [0.25, 0.3) is 6.08 Å². The molecule has 1 aromatic heterocycles. The Balaban J connectivity index is 1.37. The van der Waals surface area contributed by atoms with E-state index in [9.17, 15) is 9.90 Å². The lowest BCUT2D eigenvalue weighted by Gasteiger charge is -2.36. The Hall–Kier alpha value is -3.51. The number of furan rings is 1. The van der Waals surface area contributed by atoms with Gasteiger partial charge in [-0.25, -0.2) is 0 Å². The highest BCUT2D eigenvalue weighted by Gasteiger charge is 2.34. The molecule has 158 valence electrons. The number of nitrogens with zero attached hydrogens (tertiary/aromatic N) is 2. The number of anilines is 1. The molecule has 0 spiro atoms. The minimum absolute atomic E-state index is 0.161. The lowest BCUT2D eigenvalue weighted by atomic mass is 9.99. The topological polar surface area (TPSA) is 66.2 Å². The molecule has 2 aromatic carbocycles. The van der Waals surface area contributed by atoms with Crippen LogP contribution in [-0.2, 0) is 6.54 Å². The molecule has 0 saturated carbocycles. The van der Waals surface area contributed by atoms with Crippen molar-refractivity contribution < 1.29 is 19.1 Å². The molecule has 0 amide bonds. The highest BCUT2D eigenvalue weighted by Crippen LogP contribution is 2.42. The van der Waals surface area contributed by atoms with Gasteiger partial charge < -0.3 is 19.2 Å². The molecule has 2 aliphatic heterocycles. The summed E-state index contributed by atoms with van der Waals surface area (Å²) in [6, 6.07) is 15.6. The Kier molecular flexibility index (Phi) is 5.00. The van der Waals surface area contributed by atoms with Crippen molar-refractivity contribution in [1.29, 1.82) is 0 Å². The molecule has 0 unspecified atom stereocenters. The summed E-state index contributed by atoms with van der Waals surface area (Å²) in [5, 5.41) is 10.7. The number of phenols is 1. The lowest BCUT2D eigenvalue weighted by Crippen LogP contribution is -2.46. The third kappa shape index (κ3) is 3.70. The minimum atomic E-state index is -0.181. The van der Waals surface area contributed by atoms with E-state index in [0.717, 1.165) is 26.2 Å². The zero-order valence-corrected chi connectivity index (χ0v) is 17.4. The largest absolute Gasteiger partial charge is 0.507 e. The summed E-state index contributed by atoms with van der Waals surface area (Å²) in [5.74, 6) is 1.21. The first-order valence-electron chi connectivity index (χ1n) is 10.5. The quantitative estimate of drug-likeness (QED) is 0.642. The van der Waals surface area contributed by atoms with Crippen LogP contribution in [0.15, 0.2) is 65.0 Å². The second kappa shape index (κ2) is 7.96. The summed E-state index contributed by atoms with van der Waals surface area (Å²) in [6.07, 6.45) is 3.15. The molecule has 1 N–H and O–H groups in total. The summed E-state index contributed by atoms with van der Waals surface area (Å²) in [7, 11) is 0. The molecule has 3 aromatic rings. The molecule has 6 nitrogen and oxygen atoms in total. The molecule has 0 radical (unpaired) electrons. The first-order chi connectivity index (χ1) is 15.1. The van der Waals surface area contributed by atoms with E-state index in [-0.39, 0.29) is 17.3 Å². The van der Waals surface area contributed by atoms with Gasteiger partial charge in [0.05, 0.1) is 17.4 Å². The molecular formula is C25H24N2O4. The van der Waals surface area contributed by atoms with Gasteiger partial charge in [0.2, 0.25) is 5.78 Å². The fourth-order valence-electron chi connectivity index (χ4n) is 4.26. The van der Waals surface area contributed by atoms with Crippen LogP contribution >= 0.6 is 0 Å². The monoisotopic (exact) mass is 416 g/mol. The molecule has 1 saturated heterocycles. The average Bonchev–Trinajstić information content (AvgIpc) is 3.41. The van der Waals surface area contributed by atoms with Crippen molar-refractivity contribution in [1.82, 2.24) is 4.90 Å². The van der Waals surface area contributed by atoms with E-state index in [4.69, 9.17) is 9.15 Å². The molecule has 1 fully saturated rings. The van der Waals surface area contributed by atoms with Gasteiger partial charge in [0.1, 0.15) is 17.3 Å². The summed E-state index contributed by atoms with van der Waals surface area (Å²) < 4.78 is 11.3. The zero-order valence-electron chi connectivity index (χ0n) is 17.4. The summed E-state index contributed by atoms with van der Waals surface area (Å²) >= 11 is 0. The number of aryl methyl sites for hydroxylation is 1. The van der Waals surface area contributed by atoms with Gasteiger partial charge in [0.25, 0.3) is 0 Å². The second-order valence-corrected chi connectivity index (χ2v) is 7.95. The number of aromatic hydroxyl groups is 1. The maximum Gasteiger partial charge on any atom is 0.232 e. The van der Waals surface area contributed by atoms with E-state index in [0.29, 0.717) is 34.7 Å². The predicted molar refractivity (Wildman–Crippen MR) is 118 cm³/mol. The molecule has 2 aliphatic rings. The molecule has 3 heterocycles. The summed E-state index contributed by atoms with van der Waals surface area (Å²) in [6.45, 7) is 5.88. The van der Waals surface area contributed by atoms with E-state index in [1.807, 2.05) is 13.0 Å². The van der Waals surface area contributed by atoms with E-state index >= 15 is 0 Å². The number of hydrogen-bond acceptors (Lipinski definition) is 6. The van der Waals surface area contributed by atoms with Gasteiger partial charge in [-0.3, -0.25) is 9.69 Å². The molecule has 31 heavy (non-hydrogen) atoms. The van der Waals surface area contributed by atoms with Gasteiger partial charge in [-0.15, -0.1) is 0 Å². The number of hydrogen-bond donors (Lipinski definition) is 1. The van der Waals surface area contributed by atoms with Gasteiger partial charge in [-0.1, -0.05) is 18.2 Å². The number of fused-ring (bicyclic) bond motifs is 1. The highest BCUT2D eigenvalue weighted by molar-refractivity contribution is 6.15. The maximum absolute atomic E-state index is 13.0. The number of ether oxygens (including phenoxy) is 1. The van der Waals surface area contributed by atoms with Crippen LogP contribution in [0.2, 0.25) is 0 Å². The molecule has 5 rings (SSSR count). The Morgan fingerprint density at radius 1 is 1.06 bits per heavy atom. The van der Waals surface area contributed by atoms with Crippen molar-refractivity contribution in [3.05, 3.63) is 83.0 Å². The van der Waals surface area contributed by atoms with Gasteiger partial charge in [0, 0.05) is 44.5 Å². The predicted octanol–water partition coefficient (Wildman–Crippen LogP) is 4.23. The Labute approximate surface area is 181 Å². The number of benzene rings is 2. The van der Waals surface area contributed by atoms with Crippen molar-refractivity contribution in [3.8, 4) is 11.5 Å². The number of ketones is 1. The third-order valence-electron chi connectivity index (χ3n) is 5.91. The average molecular weight is 416 g/mol. The van der Waals surface area contributed by atoms with Gasteiger partial charge in [-0.2, -0.15) is 0 Å². The van der Waals surface area contributed by atoms with Crippen LogP contribution in [0.3, 0.4) is 0 Å². The Bertz CT molecular complexity index is 1130. The Morgan fingerprint density at radius 2 is 1.84 bits per heavy atom. The Morgan fingerprint density at radius 3 is 2.55 bits per heavy atom. The number of para-hydroxylation sites is 1. The van der Waals surface area contributed by atoms with Gasteiger partial charge in [-0.05, 0) is 42.8 Å². The van der Waals surface area contributed by atoms with Crippen molar-refractivity contribution in [2.24, 2.45) is 0 Å². The summed E-state index contributed by atoms with van der Waals surface area (Å²) in [5.41, 5.74) is 3.11. The van der Waals surface area contributed by atoms with E-state index in [2.05, 4.69) is 34.1 Å². The lowest BCUT2D eigenvalue weighted by molar-refractivity contribution is 0.101. The smallest absolute Gasteiger partial charge is 0.232 e. The molecule has 0 aliphatic carbocycles. The van der Waals surface area contributed by atoms with Crippen LogP contribution < -0.4 is 9.64 Å². The van der Waals surface area contributed by atoms with Crippen molar-refractivity contribution in [3.63, 3.8) is 0 Å². The van der Waals surface area contributed by atoms with Crippen molar-refractivity contribution in [2.75, 3.05) is 31.1 Å². The van der Waals surface area contributed by atoms with E-state index in [1.54, 1.807) is 30.5 Å². The molecule has 0 atom stereocenters. The normalized spacial score (nSPS) is 17.8. The fraction of sp³-hybridized carbons (Fsp3) is 0.240.